The Balaban J connectivity index is 1.61. The van der Waals surface area contributed by atoms with Gasteiger partial charge in [-0.25, -0.2) is 4.98 Å². The van der Waals surface area contributed by atoms with Gasteiger partial charge in [0.2, 0.25) is 0 Å². The van der Waals surface area contributed by atoms with Crippen LogP contribution in [0.4, 0.5) is 0 Å². The van der Waals surface area contributed by atoms with Gasteiger partial charge in [-0.1, -0.05) is 72.5 Å². The Morgan fingerprint density at radius 1 is 0.559 bits per heavy atom. The molecule has 0 fully saturated rings. The van der Waals surface area contributed by atoms with Gasteiger partial charge < -0.3 is 4.74 Å². The maximum atomic E-state index is 5.30. The monoisotopic (exact) mass is 437 g/mol. The van der Waals surface area contributed by atoms with Gasteiger partial charge in [0, 0.05) is 22.3 Å². The smallest absolute Gasteiger partial charge is 0.118 e. The highest BCUT2D eigenvalue weighted by molar-refractivity contribution is 5.78. The molecular formula is C32H23NO. The summed E-state index contributed by atoms with van der Waals surface area (Å²) in [4.78, 5) is 5.01. The summed E-state index contributed by atoms with van der Waals surface area (Å²) in [5.41, 5.74) is 8.09. The molecule has 2 nitrogen and oxygen atoms in total. The van der Waals surface area contributed by atoms with Gasteiger partial charge in [-0.15, -0.1) is 0 Å². The number of benzene rings is 4. The van der Waals surface area contributed by atoms with E-state index in [2.05, 4.69) is 54.3 Å². The van der Waals surface area contributed by atoms with E-state index in [1.165, 1.54) is 0 Å². The van der Waals surface area contributed by atoms with Gasteiger partial charge in [0.1, 0.15) is 5.75 Å². The summed E-state index contributed by atoms with van der Waals surface area (Å²) in [5.74, 6) is 7.50. The number of pyridine rings is 1. The maximum absolute atomic E-state index is 5.30. The van der Waals surface area contributed by atoms with Crippen molar-refractivity contribution in [1.82, 2.24) is 4.98 Å². The molecular weight excluding hydrogens is 414 g/mol. The molecule has 0 aliphatic rings. The molecule has 0 aliphatic heterocycles. The minimum Gasteiger partial charge on any atom is -0.497 e. The number of hydrogen-bond donors (Lipinski definition) is 0. The van der Waals surface area contributed by atoms with Crippen LogP contribution in [-0.2, 0) is 0 Å². The Hall–Kier alpha value is -4.61. The summed E-state index contributed by atoms with van der Waals surface area (Å²) < 4.78 is 5.30. The zero-order chi connectivity index (χ0) is 23.2. The van der Waals surface area contributed by atoms with Gasteiger partial charge in [0.25, 0.3) is 0 Å². The van der Waals surface area contributed by atoms with Gasteiger partial charge in [0.15, 0.2) is 0 Å². The third-order valence-electron chi connectivity index (χ3n) is 5.65. The highest BCUT2D eigenvalue weighted by atomic mass is 16.5. The van der Waals surface area contributed by atoms with Crippen molar-refractivity contribution in [3.63, 3.8) is 0 Å². The van der Waals surface area contributed by atoms with Crippen molar-refractivity contribution in [1.29, 1.82) is 0 Å². The summed E-state index contributed by atoms with van der Waals surface area (Å²) in [7, 11) is 1.67. The van der Waals surface area contributed by atoms with E-state index in [4.69, 9.17) is 9.72 Å². The van der Waals surface area contributed by atoms with E-state index in [9.17, 15) is 0 Å². The van der Waals surface area contributed by atoms with E-state index in [0.717, 1.165) is 50.5 Å². The molecule has 2 heteroatoms. The molecule has 0 aliphatic carbocycles. The molecule has 0 saturated carbocycles. The lowest BCUT2D eigenvalue weighted by Gasteiger charge is -2.10. The standard InChI is InChI=1S/C32H23NO/c1-34-29-21-19-27(20-22-29)31-13-8-14-32(33-31)30-23-28(25-11-6-3-7-12-25)18-17-26(30)16-15-24-9-4-2-5-10-24/h2-14,17-23H,1H3. The summed E-state index contributed by atoms with van der Waals surface area (Å²) in [6, 6.07) is 40.9. The largest absolute Gasteiger partial charge is 0.497 e. The lowest BCUT2D eigenvalue weighted by molar-refractivity contribution is 0.415. The van der Waals surface area contributed by atoms with Gasteiger partial charge in [0.05, 0.1) is 18.5 Å². The van der Waals surface area contributed by atoms with Gasteiger partial charge in [-0.2, -0.15) is 0 Å². The lowest BCUT2D eigenvalue weighted by Crippen LogP contribution is -1.92. The third-order valence-corrected chi connectivity index (χ3v) is 5.65. The van der Waals surface area contributed by atoms with Crippen molar-refractivity contribution in [3.8, 4) is 51.2 Å². The summed E-state index contributed by atoms with van der Waals surface area (Å²) in [5, 5.41) is 0. The molecule has 0 saturated heterocycles. The second-order valence-electron chi connectivity index (χ2n) is 7.88. The van der Waals surface area contributed by atoms with Crippen LogP contribution in [-0.4, -0.2) is 12.1 Å². The highest BCUT2D eigenvalue weighted by Gasteiger charge is 2.10. The van der Waals surface area contributed by atoms with Gasteiger partial charge in [-0.3, -0.25) is 0 Å². The Bertz CT molecular complexity index is 1460. The van der Waals surface area contributed by atoms with E-state index < -0.39 is 0 Å². The molecule has 5 rings (SSSR count). The molecule has 0 N–H and O–H groups in total. The Morgan fingerprint density at radius 3 is 1.97 bits per heavy atom. The minimum atomic E-state index is 0.828. The first-order chi connectivity index (χ1) is 16.8. The van der Waals surface area contributed by atoms with Crippen LogP contribution in [0.1, 0.15) is 11.1 Å². The molecule has 5 aromatic rings. The van der Waals surface area contributed by atoms with E-state index in [0.29, 0.717) is 0 Å². The van der Waals surface area contributed by atoms with Gasteiger partial charge >= 0.3 is 0 Å². The topological polar surface area (TPSA) is 22.1 Å². The first kappa shape index (κ1) is 21.2. The van der Waals surface area contributed by atoms with Crippen molar-refractivity contribution < 1.29 is 4.74 Å². The first-order valence-electron chi connectivity index (χ1n) is 11.2. The molecule has 0 amide bonds. The quantitative estimate of drug-likeness (QED) is 0.272. The fourth-order valence-corrected chi connectivity index (χ4v) is 3.84. The van der Waals surface area contributed by atoms with Crippen LogP contribution in [0, 0.1) is 11.8 Å². The number of rotatable bonds is 4. The maximum Gasteiger partial charge on any atom is 0.118 e. The van der Waals surface area contributed by atoms with Crippen molar-refractivity contribution >= 4 is 0 Å². The molecule has 34 heavy (non-hydrogen) atoms. The van der Waals surface area contributed by atoms with Gasteiger partial charge in [-0.05, 0) is 71.8 Å². The Labute approximate surface area is 200 Å². The minimum absolute atomic E-state index is 0.828. The van der Waals surface area contributed by atoms with E-state index in [-0.39, 0.29) is 0 Å². The molecule has 0 atom stereocenters. The summed E-state index contributed by atoms with van der Waals surface area (Å²) >= 11 is 0. The normalized spacial score (nSPS) is 10.3. The van der Waals surface area contributed by atoms with Crippen LogP contribution in [0.25, 0.3) is 33.6 Å². The fourth-order valence-electron chi connectivity index (χ4n) is 3.84. The van der Waals surface area contributed by atoms with Crippen LogP contribution in [0.15, 0.2) is 121 Å². The van der Waals surface area contributed by atoms with Crippen LogP contribution in [0.3, 0.4) is 0 Å². The lowest BCUT2D eigenvalue weighted by atomic mass is 9.96. The Morgan fingerprint density at radius 2 is 1.24 bits per heavy atom. The van der Waals surface area contributed by atoms with Crippen LogP contribution < -0.4 is 4.74 Å². The number of hydrogen-bond acceptors (Lipinski definition) is 2. The zero-order valence-electron chi connectivity index (χ0n) is 18.9. The van der Waals surface area contributed by atoms with Crippen molar-refractivity contribution in [3.05, 3.63) is 132 Å². The molecule has 0 unspecified atom stereocenters. The molecule has 162 valence electrons. The van der Waals surface area contributed by atoms with E-state index >= 15 is 0 Å². The molecule has 4 aromatic carbocycles. The fraction of sp³-hybridized carbons (Fsp3) is 0.0312. The SMILES string of the molecule is COc1ccc(-c2cccc(-c3cc(-c4ccccc4)ccc3C#Cc3ccccc3)n2)cc1. The van der Waals surface area contributed by atoms with Crippen molar-refractivity contribution in [2.75, 3.05) is 7.11 Å². The predicted molar refractivity (Wildman–Crippen MR) is 140 cm³/mol. The molecule has 0 radical (unpaired) electrons. The van der Waals surface area contributed by atoms with E-state index in [1.807, 2.05) is 78.9 Å². The second kappa shape index (κ2) is 9.90. The zero-order valence-corrected chi connectivity index (χ0v) is 18.9. The first-order valence-corrected chi connectivity index (χ1v) is 11.2. The molecule has 1 aromatic heterocycles. The van der Waals surface area contributed by atoms with Crippen LogP contribution >= 0.6 is 0 Å². The molecule has 0 bridgehead atoms. The molecule has 0 spiro atoms. The number of methoxy groups -OCH3 is 1. The Kier molecular flexibility index (Phi) is 6.18. The second-order valence-corrected chi connectivity index (χ2v) is 7.88. The third kappa shape index (κ3) is 4.75. The number of aromatic nitrogens is 1. The number of ether oxygens (including phenoxy) is 1. The number of nitrogens with zero attached hydrogens (tertiary/aromatic N) is 1. The van der Waals surface area contributed by atoms with Crippen molar-refractivity contribution in [2.45, 2.75) is 0 Å². The van der Waals surface area contributed by atoms with Crippen LogP contribution in [0.5, 0.6) is 5.75 Å². The van der Waals surface area contributed by atoms with Crippen molar-refractivity contribution in [2.24, 2.45) is 0 Å². The summed E-state index contributed by atoms with van der Waals surface area (Å²) in [6.07, 6.45) is 0. The van der Waals surface area contributed by atoms with E-state index in [1.54, 1.807) is 7.11 Å². The molecule has 1 heterocycles. The summed E-state index contributed by atoms with van der Waals surface area (Å²) in [6.45, 7) is 0. The van der Waals surface area contributed by atoms with Crippen LogP contribution in [0.2, 0.25) is 0 Å². The average molecular weight is 438 g/mol. The predicted octanol–water partition coefficient (Wildman–Crippen LogP) is 7.49. The highest BCUT2D eigenvalue weighted by Crippen LogP contribution is 2.30. The average Bonchev–Trinajstić information content (AvgIpc) is 2.93.